The molecule has 0 saturated heterocycles. The van der Waals surface area contributed by atoms with Gasteiger partial charge in [0.25, 0.3) is 0 Å². The molecule has 100 valence electrons. The molecule has 4 heteroatoms. The fourth-order valence-corrected chi connectivity index (χ4v) is 11.0. The van der Waals surface area contributed by atoms with Gasteiger partial charge in [0, 0.05) is 0 Å². The van der Waals surface area contributed by atoms with E-state index in [0.717, 1.165) is 18.6 Å². The van der Waals surface area contributed by atoms with Crippen LogP contribution >= 0.6 is 17.9 Å². The number of halogens is 2. The Kier molecular flexibility index (Phi) is 3.27. The zero-order chi connectivity index (χ0) is 13.8. The van der Waals surface area contributed by atoms with Crippen molar-refractivity contribution < 1.29 is 0 Å². The summed E-state index contributed by atoms with van der Waals surface area (Å²) in [6, 6.07) is 12.8. The summed E-state index contributed by atoms with van der Waals surface area (Å²) in [4.78, 5) is 2.19. The third-order valence-electron chi connectivity index (χ3n) is 3.51. The molecule has 0 spiro atoms. The molecule has 0 aromatic heterocycles. The molecule has 0 aliphatic carbocycles. The van der Waals surface area contributed by atoms with Crippen molar-refractivity contribution in [2.45, 2.75) is 13.8 Å². The number of anilines is 2. The van der Waals surface area contributed by atoms with Gasteiger partial charge >= 0.3 is 126 Å². The number of hydrogen-bond acceptors (Lipinski definition) is 1. The van der Waals surface area contributed by atoms with E-state index >= 15 is 0 Å². The van der Waals surface area contributed by atoms with Crippen molar-refractivity contribution >= 4 is 52.5 Å². The minimum absolute atomic E-state index is 1.15. The van der Waals surface area contributed by atoms with Gasteiger partial charge in [-0.05, 0) is 0 Å². The first-order valence-corrected chi connectivity index (χ1v) is 14.3. The van der Waals surface area contributed by atoms with Crippen molar-refractivity contribution in [3.05, 3.63) is 47.5 Å². The maximum absolute atomic E-state index is 6.87. The van der Waals surface area contributed by atoms with Crippen LogP contribution in [0.25, 0.3) is 0 Å². The van der Waals surface area contributed by atoms with Crippen molar-refractivity contribution in [1.82, 2.24) is 0 Å². The molecule has 3 rings (SSSR count). The molecule has 1 heterocycles. The summed E-state index contributed by atoms with van der Waals surface area (Å²) < 4.78 is 2.29. The molecule has 0 amide bonds. The van der Waals surface area contributed by atoms with Gasteiger partial charge in [0.1, 0.15) is 0 Å². The minimum atomic E-state index is -3.24. The van der Waals surface area contributed by atoms with E-state index in [9.17, 15) is 0 Å². The van der Waals surface area contributed by atoms with Crippen LogP contribution in [0.3, 0.4) is 0 Å². The molecule has 0 bridgehead atoms. The van der Waals surface area contributed by atoms with Gasteiger partial charge in [0.2, 0.25) is 0 Å². The van der Waals surface area contributed by atoms with Gasteiger partial charge in [-0.3, -0.25) is 0 Å². The summed E-state index contributed by atoms with van der Waals surface area (Å²) in [6.07, 6.45) is 0. The van der Waals surface area contributed by atoms with Crippen LogP contribution in [0, 0.1) is 13.8 Å². The van der Waals surface area contributed by atoms with Crippen LogP contribution in [0.2, 0.25) is 0 Å². The zero-order valence-corrected chi connectivity index (χ0v) is 14.9. The van der Waals surface area contributed by atoms with Crippen LogP contribution in [0.5, 0.6) is 0 Å². The Balaban J connectivity index is 2.33. The van der Waals surface area contributed by atoms with Crippen LogP contribution in [0.1, 0.15) is 11.1 Å². The normalized spacial score (nSPS) is 17.6. The van der Waals surface area contributed by atoms with E-state index in [2.05, 4.69) is 62.2 Å². The predicted molar refractivity (Wildman–Crippen MR) is 87.1 cm³/mol. The molecule has 0 unspecified atom stereocenters. The molecule has 1 nitrogen and oxygen atoms in total. The number of fused-ring (bicyclic) bond motifs is 2. The average molecular weight is 408 g/mol. The Morgan fingerprint density at radius 2 is 1.26 bits per heavy atom. The third kappa shape index (κ3) is 2.06. The van der Waals surface area contributed by atoms with Gasteiger partial charge in [-0.2, -0.15) is 0 Å². The van der Waals surface area contributed by atoms with Crippen molar-refractivity contribution in [3.8, 4) is 0 Å². The summed E-state index contributed by atoms with van der Waals surface area (Å²) in [5.74, 6) is 0. The summed E-state index contributed by atoms with van der Waals surface area (Å²) in [5.41, 5.74) is 4.71. The first-order chi connectivity index (χ1) is 8.91. The Hall–Kier alpha value is -0.390. The SMILES string of the molecule is Cc1ccc2c(c1)[Te](Cl)(Cl)c1cc(C)ccc1N2C. The zero-order valence-electron chi connectivity index (χ0n) is 11.1. The van der Waals surface area contributed by atoms with Crippen molar-refractivity contribution in [1.29, 1.82) is 0 Å². The summed E-state index contributed by atoms with van der Waals surface area (Å²) >= 11 is -3.24. The fourth-order valence-electron chi connectivity index (χ4n) is 2.46. The molecule has 19 heavy (non-hydrogen) atoms. The Morgan fingerprint density at radius 3 is 1.68 bits per heavy atom. The van der Waals surface area contributed by atoms with Crippen LogP contribution in [-0.4, -0.2) is 23.0 Å². The molecule has 1 aliphatic heterocycles. The van der Waals surface area contributed by atoms with Gasteiger partial charge in [0.05, 0.1) is 0 Å². The molecule has 0 radical (unpaired) electrons. The van der Waals surface area contributed by atoms with Gasteiger partial charge in [-0.15, -0.1) is 0 Å². The molecule has 2 aromatic carbocycles. The summed E-state index contributed by atoms with van der Waals surface area (Å²) in [6.45, 7) is 4.16. The van der Waals surface area contributed by atoms with Gasteiger partial charge in [-0.25, -0.2) is 0 Å². The number of hydrogen-bond donors (Lipinski definition) is 0. The topological polar surface area (TPSA) is 3.24 Å². The maximum atomic E-state index is 6.87. The Bertz CT molecular complexity index is 612. The summed E-state index contributed by atoms with van der Waals surface area (Å²) in [5, 5.41) is 0. The van der Waals surface area contributed by atoms with E-state index in [1.54, 1.807) is 0 Å². The molecular weight excluding hydrogens is 393 g/mol. The molecule has 1 aliphatic rings. The number of benzene rings is 2. The number of rotatable bonds is 0. The van der Waals surface area contributed by atoms with Crippen molar-refractivity contribution in [2.24, 2.45) is 0 Å². The van der Waals surface area contributed by atoms with E-state index in [1.165, 1.54) is 11.1 Å². The Morgan fingerprint density at radius 1 is 0.842 bits per heavy atom. The van der Waals surface area contributed by atoms with Crippen LogP contribution in [0.15, 0.2) is 36.4 Å². The van der Waals surface area contributed by atoms with Crippen LogP contribution in [0.4, 0.5) is 11.4 Å². The van der Waals surface area contributed by atoms with E-state index in [0.29, 0.717) is 0 Å². The third-order valence-corrected chi connectivity index (χ3v) is 13.0. The van der Waals surface area contributed by atoms with E-state index in [-0.39, 0.29) is 0 Å². The second-order valence-corrected chi connectivity index (χ2v) is 17.4. The van der Waals surface area contributed by atoms with Crippen LogP contribution < -0.4 is 12.1 Å². The standard InChI is InChI=1S/C15H15Cl2NTe/c1-10-4-6-12-14(8-10)19(16,17)15-9-11(2)5-7-13(15)18(12)3/h4-9H,1-3H3. The van der Waals surface area contributed by atoms with Gasteiger partial charge < -0.3 is 0 Å². The number of nitrogens with zero attached hydrogens (tertiary/aromatic N) is 1. The molecule has 0 saturated carbocycles. The van der Waals surface area contributed by atoms with Crippen LogP contribution in [-0.2, 0) is 0 Å². The second kappa shape index (κ2) is 4.57. The fraction of sp³-hybridized carbons (Fsp3) is 0.200. The monoisotopic (exact) mass is 409 g/mol. The molecule has 0 atom stereocenters. The number of aryl methyl sites for hydroxylation is 2. The average Bonchev–Trinajstić information content (AvgIpc) is 2.36. The predicted octanol–water partition coefficient (Wildman–Crippen LogP) is 3.42. The Labute approximate surface area is 125 Å². The van der Waals surface area contributed by atoms with E-state index in [4.69, 9.17) is 17.9 Å². The molecule has 2 aromatic rings. The van der Waals surface area contributed by atoms with Crippen molar-refractivity contribution in [2.75, 3.05) is 11.9 Å². The van der Waals surface area contributed by atoms with Gasteiger partial charge in [0.15, 0.2) is 0 Å². The van der Waals surface area contributed by atoms with Crippen molar-refractivity contribution in [3.63, 3.8) is 0 Å². The second-order valence-electron chi connectivity index (χ2n) is 4.97. The van der Waals surface area contributed by atoms with Gasteiger partial charge in [-0.1, -0.05) is 0 Å². The molecule has 0 N–H and O–H groups in total. The summed E-state index contributed by atoms with van der Waals surface area (Å²) in [7, 11) is 15.8. The molecular formula is C15H15Cl2NTe. The van der Waals surface area contributed by atoms with E-state index < -0.39 is 15.9 Å². The van der Waals surface area contributed by atoms with E-state index in [1.807, 2.05) is 0 Å². The molecule has 0 fully saturated rings. The first-order valence-electron chi connectivity index (χ1n) is 6.09. The first kappa shape index (κ1) is 13.6. The quantitative estimate of drug-likeness (QED) is 0.605.